The smallest absolute Gasteiger partial charge is 0.240 e. The Morgan fingerprint density at radius 3 is 2.42 bits per heavy atom. The molecule has 1 aromatic rings. The number of nitrogens with one attached hydrogen (secondary N) is 1. The SMILES string of the molecule is C[C@@H](Cc1ccccc1)C(=O)N[C@@H](CCN)C(N)=O. The number of rotatable bonds is 7. The fourth-order valence-electron chi connectivity index (χ4n) is 1.83. The standard InChI is InChI=1S/C14H21N3O2/c1-10(9-11-5-3-2-4-6-11)14(19)17-12(7-8-15)13(16)18/h2-6,10,12H,7-9,15H2,1H3,(H2,16,18)(H,17,19)/t10-,12-/m0/s1. The summed E-state index contributed by atoms with van der Waals surface area (Å²) in [5, 5.41) is 2.64. The fourth-order valence-corrected chi connectivity index (χ4v) is 1.83. The predicted octanol–water partition coefficient (Wildman–Crippen LogP) is 0.184. The van der Waals surface area contributed by atoms with Crippen molar-refractivity contribution in [1.82, 2.24) is 5.32 Å². The largest absolute Gasteiger partial charge is 0.368 e. The van der Waals surface area contributed by atoms with Gasteiger partial charge in [-0.2, -0.15) is 0 Å². The van der Waals surface area contributed by atoms with Crippen LogP contribution < -0.4 is 16.8 Å². The van der Waals surface area contributed by atoms with E-state index in [0.29, 0.717) is 19.4 Å². The molecule has 0 bridgehead atoms. The van der Waals surface area contributed by atoms with Crippen LogP contribution in [-0.4, -0.2) is 24.4 Å². The number of nitrogens with two attached hydrogens (primary N) is 2. The summed E-state index contributed by atoms with van der Waals surface area (Å²) in [6, 6.07) is 9.04. The van der Waals surface area contributed by atoms with Crippen LogP contribution in [0.1, 0.15) is 18.9 Å². The van der Waals surface area contributed by atoms with Gasteiger partial charge < -0.3 is 16.8 Å². The van der Waals surface area contributed by atoms with Gasteiger partial charge in [-0.1, -0.05) is 37.3 Å². The first kappa shape index (κ1) is 15.2. The van der Waals surface area contributed by atoms with Crippen LogP contribution in [0.25, 0.3) is 0 Å². The van der Waals surface area contributed by atoms with Crippen molar-refractivity contribution in [2.24, 2.45) is 17.4 Å². The van der Waals surface area contributed by atoms with E-state index in [0.717, 1.165) is 5.56 Å². The maximum absolute atomic E-state index is 12.0. The van der Waals surface area contributed by atoms with Crippen molar-refractivity contribution in [3.05, 3.63) is 35.9 Å². The second-order valence-corrected chi connectivity index (χ2v) is 4.63. The third-order valence-electron chi connectivity index (χ3n) is 2.95. The van der Waals surface area contributed by atoms with Gasteiger partial charge in [-0.05, 0) is 24.9 Å². The Kier molecular flexibility index (Phi) is 6.02. The highest BCUT2D eigenvalue weighted by Crippen LogP contribution is 2.08. The van der Waals surface area contributed by atoms with Crippen molar-refractivity contribution in [1.29, 1.82) is 0 Å². The molecule has 0 aromatic heterocycles. The Balaban J connectivity index is 2.54. The van der Waals surface area contributed by atoms with Crippen LogP contribution in [0.15, 0.2) is 30.3 Å². The molecule has 1 aromatic carbocycles. The fraction of sp³-hybridized carbons (Fsp3) is 0.429. The molecule has 0 radical (unpaired) electrons. The highest BCUT2D eigenvalue weighted by atomic mass is 16.2. The average molecular weight is 263 g/mol. The lowest BCUT2D eigenvalue weighted by atomic mass is 10.00. The molecule has 0 saturated carbocycles. The third kappa shape index (κ3) is 5.09. The predicted molar refractivity (Wildman–Crippen MR) is 74.1 cm³/mol. The van der Waals surface area contributed by atoms with Crippen LogP contribution in [0, 0.1) is 5.92 Å². The van der Waals surface area contributed by atoms with E-state index in [1.165, 1.54) is 0 Å². The molecule has 19 heavy (non-hydrogen) atoms. The molecule has 2 atom stereocenters. The van der Waals surface area contributed by atoms with E-state index in [1.807, 2.05) is 37.3 Å². The first-order valence-corrected chi connectivity index (χ1v) is 6.38. The normalized spacial score (nSPS) is 13.6. The van der Waals surface area contributed by atoms with Gasteiger partial charge in [0.1, 0.15) is 6.04 Å². The molecule has 0 saturated heterocycles. The zero-order valence-corrected chi connectivity index (χ0v) is 11.1. The first-order chi connectivity index (χ1) is 9.04. The van der Waals surface area contributed by atoms with Crippen LogP contribution in [0.4, 0.5) is 0 Å². The lowest BCUT2D eigenvalue weighted by Gasteiger charge is -2.18. The van der Waals surface area contributed by atoms with Crippen LogP contribution in [0.3, 0.4) is 0 Å². The second-order valence-electron chi connectivity index (χ2n) is 4.63. The molecular weight excluding hydrogens is 242 g/mol. The highest BCUT2D eigenvalue weighted by Gasteiger charge is 2.20. The van der Waals surface area contributed by atoms with Gasteiger partial charge in [0, 0.05) is 5.92 Å². The molecule has 1 rings (SSSR count). The molecular formula is C14H21N3O2. The number of carbonyl (C=O) groups is 2. The summed E-state index contributed by atoms with van der Waals surface area (Å²) >= 11 is 0. The minimum Gasteiger partial charge on any atom is -0.368 e. The summed E-state index contributed by atoms with van der Waals surface area (Å²) < 4.78 is 0. The van der Waals surface area contributed by atoms with Crippen molar-refractivity contribution in [2.75, 3.05) is 6.54 Å². The van der Waals surface area contributed by atoms with Crippen LogP contribution in [0.2, 0.25) is 0 Å². The van der Waals surface area contributed by atoms with Crippen LogP contribution in [0.5, 0.6) is 0 Å². The monoisotopic (exact) mass is 263 g/mol. The van der Waals surface area contributed by atoms with E-state index in [-0.39, 0.29) is 11.8 Å². The minimum absolute atomic E-state index is 0.180. The van der Waals surface area contributed by atoms with Gasteiger partial charge in [-0.25, -0.2) is 0 Å². The Bertz CT molecular complexity index is 420. The maximum atomic E-state index is 12.0. The van der Waals surface area contributed by atoms with Crippen LogP contribution in [-0.2, 0) is 16.0 Å². The summed E-state index contributed by atoms with van der Waals surface area (Å²) in [5.74, 6) is -0.950. The number of hydrogen-bond donors (Lipinski definition) is 3. The van der Waals surface area contributed by atoms with Crippen molar-refractivity contribution in [3.8, 4) is 0 Å². The lowest BCUT2D eigenvalue weighted by Crippen LogP contribution is -2.47. The minimum atomic E-state index is -0.685. The van der Waals surface area contributed by atoms with E-state index >= 15 is 0 Å². The molecule has 0 heterocycles. The topological polar surface area (TPSA) is 98.2 Å². The Hall–Kier alpha value is -1.88. The number of primary amides is 1. The van der Waals surface area contributed by atoms with E-state index in [2.05, 4.69) is 5.32 Å². The van der Waals surface area contributed by atoms with Gasteiger partial charge in [-0.3, -0.25) is 9.59 Å². The highest BCUT2D eigenvalue weighted by molar-refractivity contribution is 5.87. The quantitative estimate of drug-likeness (QED) is 0.654. The summed E-state index contributed by atoms with van der Waals surface area (Å²) in [5.41, 5.74) is 11.7. The van der Waals surface area contributed by atoms with E-state index in [4.69, 9.17) is 11.5 Å². The molecule has 0 unspecified atom stereocenters. The van der Waals surface area contributed by atoms with E-state index < -0.39 is 11.9 Å². The van der Waals surface area contributed by atoms with Crippen molar-refractivity contribution in [3.63, 3.8) is 0 Å². The molecule has 0 aliphatic rings. The number of benzene rings is 1. The zero-order chi connectivity index (χ0) is 14.3. The van der Waals surface area contributed by atoms with Gasteiger partial charge in [-0.15, -0.1) is 0 Å². The first-order valence-electron chi connectivity index (χ1n) is 6.38. The van der Waals surface area contributed by atoms with Gasteiger partial charge in [0.05, 0.1) is 0 Å². The summed E-state index contributed by atoms with van der Waals surface area (Å²) in [6.45, 7) is 2.13. The second kappa shape index (κ2) is 7.53. The average Bonchev–Trinajstić information content (AvgIpc) is 2.39. The molecule has 0 aliphatic carbocycles. The van der Waals surface area contributed by atoms with Gasteiger partial charge in [0.2, 0.25) is 11.8 Å². The van der Waals surface area contributed by atoms with E-state index in [9.17, 15) is 9.59 Å². The molecule has 2 amide bonds. The molecule has 5 N–H and O–H groups in total. The molecule has 0 aliphatic heterocycles. The van der Waals surface area contributed by atoms with Gasteiger partial charge in [0.25, 0.3) is 0 Å². The number of amides is 2. The van der Waals surface area contributed by atoms with Gasteiger partial charge >= 0.3 is 0 Å². The van der Waals surface area contributed by atoms with Crippen molar-refractivity contribution < 1.29 is 9.59 Å². The molecule has 0 fully saturated rings. The summed E-state index contributed by atoms with van der Waals surface area (Å²) in [7, 11) is 0. The molecule has 104 valence electrons. The third-order valence-corrected chi connectivity index (χ3v) is 2.95. The molecule has 5 heteroatoms. The van der Waals surface area contributed by atoms with Gasteiger partial charge in [0.15, 0.2) is 0 Å². The molecule has 0 spiro atoms. The lowest BCUT2D eigenvalue weighted by molar-refractivity contribution is -0.129. The van der Waals surface area contributed by atoms with E-state index in [1.54, 1.807) is 0 Å². The zero-order valence-electron chi connectivity index (χ0n) is 11.1. The Morgan fingerprint density at radius 2 is 1.89 bits per heavy atom. The molecule has 5 nitrogen and oxygen atoms in total. The summed E-state index contributed by atoms with van der Waals surface area (Å²) in [6.07, 6.45) is 0.986. The van der Waals surface area contributed by atoms with Crippen molar-refractivity contribution in [2.45, 2.75) is 25.8 Å². The van der Waals surface area contributed by atoms with Crippen LogP contribution >= 0.6 is 0 Å². The maximum Gasteiger partial charge on any atom is 0.240 e. The summed E-state index contributed by atoms with van der Waals surface area (Å²) in [4.78, 5) is 23.1. The number of carbonyl (C=O) groups excluding carboxylic acids is 2. The Morgan fingerprint density at radius 1 is 1.26 bits per heavy atom. The Labute approximate surface area is 113 Å². The number of hydrogen-bond acceptors (Lipinski definition) is 3. The van der Waals surface area contributed by atoms with Crippen molar-refractivity contribution >= 4 is 11.8 Å².